The molecule has 2 fully saturated rings. The Morgan fingerprint density at radius 2 is 1.69 bits per heavy atom. The molecule has 2 saturated carbocycles. The van der Waals surface area contributed by atoms with Crippen LogP contribution in [0.5, 0.6) is 0 Å². The number of carboxylic acids is 1. The van der Waals surface area contributed by atoms with Crippen LogP contribution in [-0.4, -0.2) is 22.9 Å². The van der Waals surface area contributed by atoms with Crippen molar-refractivity contribution in [2.24, 2.45) is 29.4 Å². The third kappa shape index (κ3) is 3.29. The van der Waals surface area contributed by atoms with Crippen molar-refractivity contribution < 1.29 is 19.5 Å². The third-order valence-corrected chi connectivity index (χ3v) is 8.12. The van der Waals surface area contributed by atoms with Crippen molar-refractivity contribution in [3.8, 4) is 0 Å². The number of allylic oxidation sites excluding steroid dienone is 2. The molecule has 0 aliphatic heterocycles. The fraction of sp³-hybridized carbons (Fsp3) is 0.591. The van der Waals surface area contributed by atoms with Crippen molar-refractivity contribution in [1.82, 2.24) is 0 Å². The zero-order valence-corrected chi connectivity index (χ0v) is 17.7. The molecule has 2 bridgehead atoms. The summed E-state index contributed by atoms with van der Waals surface area (Å²) in [6, 6.07) is 0. The van der Waals surface area contributed by atoms with E-state index in [1.165, 1.54) is 11.3 Å². The van der Waals surface area contributed by atoms with Crippen LogP contribution in [0.4, 0.5) is 5.00 Å². The predicted molar refractivity (Wildman–Crippen MR) is 112 cm³/mol. The Bertz CT molecular complexity index is 912. The highest BCUT2D eigenvalue weighted by Crippen LogP contribution is 2.57. The van der Waals surface area contributed by atoms with Crippen LogP contribution in [0, 0.1) is 23.7 Å². The number of hydrogen-bond donors (Lipinski definition) is 3. The Morgan fingerprint density at radius 1 is 1.03 bits per heavy atom. The number of fused-ring (bicyclic) bond motifs is 3. The maximum absolute atomic E-state index is 13.3. The van der Waals surface area contributed by atoms with E-state index in [0.717, 1.165) is 66.5 Å². The van der Waals surface area contributed by atoms with Crippen LogP contribution < -0.4 is 11.1 Å². The minimum absolute atomic E-state index is 0.0269. The first kappa shape index (κ1) is 20.1. The summed E-state index contributed by atoms with van der Waals surface area (Å²) in [6.45, 7) is 4.00. The molecule has 1 heterocycles. The second-order valence-electron chi connectivity index (χ2n) is 8.76. The van der Waals surface area contributed by atoms with E-state index >= 15 is 0 Å². The molecule has 7 heteroatoms. The van der Waals surface area contributed by atoms with Crippen LogP contribution in [0.25, 0.3) is 0 Å². The van der Waals surface area contributed by atoms with Gasteiger partial charge in [0, 0.05) is 4.88 Å². The molecule has 1 aromatic rings. The lowest BCUT2D eigenvalue weighted by Crippen LogP contribution is -2.38. The summed E-state index contributed by atoms with van der Waals surface area (Å²) in [5, 5.41) is 13.3. The molecule has 0 saturated heterocycles. The highest BCUT2D eigenvalue weighted by Gasteiger charge is 2.57. The number of carboxylic acid groups (broad SMARTS) is 1. The number of primary amides is 1. The standard InChI is InChI=1S/C22H28N2O4S/c1-10(2)15-12-8-9-13(15)17(22(27)28)16(12)20(26)24-21-18(19(23)25)11-6-4-3-5-7-14(11)29-21/h12-13,16-17H,3-9H2,1-2H3,(H2,23,25)(H,24,26)(H,27,28)/t12-,13-,16+,17-/m0/s1. The first-order valence-electron chi connectivity index (χ1n) is 10.5. The van der Waals surface area contributed by atoms with Crippen molar-refractivity contribution in [1.29, 1.82) is 0 Å². The van der Waals surface area contributed by atoms with E-state index in [2.05, 4.69) is 5.32 Å². The van der Waals surface area contributed by atoms with Crippen LogP contribution in [0.2, 0.25) is 0 Å². The van der Waals surface area contributed by atoms with Gasteiger partial charge in [-0.3, -0.25) is 14.4 Å². The molecule has 3 aliphatic rings. The second-order valence-corrected chi connectivity index (χ2v) is 9.86. The maximum atomic E-state index is 13.3. The van der Waals surface area contributed by atoms with Crippen LogP contribution in [0.15, 0.2) is 11.1 Å². The second kappa shape index (κ2) is 7.59. The molecule has 0 spiro atoms. The molecule has 6 nitrogen and oxygen atoms in total. The summed E-state index contributed by atoms with van der Waals surface area (Å²) in [5.41, 5.74) is 9.35. The Kier molecular flexibility index (Phi) is 5.27. The summed E-state index contributed by atoms with van der Waals surface area (Å²) in [7, 11) is 0. The highest BCUT2D eigenvalue weighted by molar-refractivity contribution is 7.17. The van der Waals surface area contributed by atoms with Gasteiger partial charge in [0.25, 0.3) is 5.91 Å². The van der Waals surface area contributed by atoms with E-state index in [1.54, 1.807) is 0 Å². The van der Waals surface area contributed by atoms with Gasteiger partial charge in [0.2, 0.25) is 5.91 Å². The lowest BCUT2D eigenvalue weighted by atomic mass is 9.78. The molecule has 4 N–H and O–H groups in total. The van der Waals surface area contributed by atoms with Gasteiger partial charge < -0.3 is 16.2 Å². The number of thiophene rings is 1. The molecule has 2 amide bonds. The smallest absolute Gasteiger partial charge is 0.307 e. The average Bonchev–Trinajstić information content (AvgIpc) is 3.26. The van der Waals surface area contributed by atoms with E-state index in [9.17, 15) is 19.5 Å². The Morgan fingerprint density at radius 3 is 2.31 bits per heavy atom. The van der Waals surface area contributed by atoms with Crippen molar-refractivity contribution >= 4 is 34.1 Å². The van der Waals surface area contributed by atoms with Gasteiger partial charge in [0.15, 0.2) is 0 Å². The zero-order chi connectivity index (χ0) is 20.9. The lowest BCUT2D eigenvalue weighted by Gasteiger charge is -2.26. The van der Waals surface area contributed by atoms with Gasteiger partial charge >= 0.3 is 5.97 Å². The summed E-state index contributed by atoms with van der Waals surface area (Å²) in [6.07, 6.45) is 6.56. The van der Waals surface area contributed by atoms with Gasteiger partial charge in [-0.1, -0.05) is 17.6 Å². The van der Waals surface area contributed by atoms with Gasteiger partial charge in [0.05, 0.1) is 17.4 Å². The summed E-state index contributed by atoms with van der Waals surface area (Å²) < 4.78 is 0. The molecule has 156 valence electrons. The third-order valence-electron chi connectivity index (χ3n) is 6.91. The van der Waals surface area contributed by atoms with E-state index < -0.39 is 23.7 Å². The highest BCUT2D eigenvalue weighted by atomic mass is 32.1. The van der Waals surface area contributed by atoms with E-state index in [-0.39, 0.29) is 17.7 Å². The number of amides is 2. The molecule has 0 radical (unpaired) electrons. The number of hydrogen-bond acceptors (Lipinski definition) is 4. The molecule has 1 aromatic heterocycles. The van der Waals surface area contributed by atoms with Crippen LogP contribution >= 0.6 is 11.3 Å². The van der Waals surface area contributed by atoms with E-state index in [0.29, 0.717) is 10.6 Å². The average molecular weight is 417 g/mol. The molecule has 0 aromatic carbocycles. The van der Waals surface area contributed by atoms with Crippen LogP contribution in [0.1, 0.15) is 66.8 Å². The number of carbonyl (C=O) groups is 3. The number of nitrogens with two attached hydrogens (primary N) is 1. The topological polar surface area (TPSA) is 109 Å². The van der Waals surface area contributed by atoms with E-state index in [4.69, 9.17) is 5.73 Å². The number of nitrogens with one attached hydrogen (secondary N) is 1. The van der Waals surface area contributed by atoms with E-state index in [1.807, 2.05) is 13.8 Å². The van der Waals surface area contributed by atoms with Gasteiger partial charge in [-0.25, -0.2) is 0 Å². The largest absolute Gasteiger partial charge is 0.481 e. The first-order chi connectivity index (χ1) is 13.8. The minimum atomic E-state index is -0.909. The SMILES string of the molecule is CC(C)=C1[C@@H]2CC[C@@H]1[C@@H](C(=O)Nc1sc3c(c1C(N)=O)CCCCC3)[C@H]2C(=O)O. The van der Waals surface area contributed by atoms with Gasteiger partial charge in [-0.2, -0.15) is 0 Å². The normalized spacial score (nSPS) is 28.0. The summed E-state index contributed by atoms with van der Waals surface area (Å²) >= 11 is 1.44. The van der Waals surface area contributed by atoms with Crippen molar-refractivity contribution in [3.63, 3.8) is 0 Å². The maximum Gasteiger partial charge on any atom is 0.307 e. The Hall–Kier alpha value is -2.15. The van der Waals surface area contributed by atoms with Crippen molar-refractivity contribution in [2.75, 3.05) is 5.32 Å². The molecular formula is C22H28N2O4S. The number of anilines is 1. The molecule has 0 unspecified atom stereocenters. The number of carbonyl (C=O) groups excluding carboxylic acids is 2. The lowest BCUT2D eigenvalue weighted by molar-refractivity contribution is -0.148. The predicted octanol–water partition coefficient (Wildman–Crippen LogP) is 3.75. The number of aliphatic carboxylic acids is 1. The van der Waals surface area contributed by atoms with Gasteiger partial charge in [-0.15, -0.1) is 11.3 Å². The van der Waals surface area contributed by atoms with Crippen molar-refractivity contribution in [2.45, 2.75) is 58.8 Å². The molecule has 4 atom stereocenters. The summed E-state index contributed by atoms with van der Waals surface area (Å²) in [4.78, 5) is 38.6. The fourth-order valence-electron chi connectivity index (χ4n) is 5.89. The van der Waals surface area contributed by atoms with Gasteiger partial charge in [-0.05, 0) is 69.8 Å². The Labute approximate surface area is 174 Å². The quantitative estimate of drug-likeness (QED) is 0.513. The van der Waals surface area contributed by atoms with Crippen LogP contribution in [-0.2, 0) is 22.4 Å². The molecule has 3 aliphatic carbocycles. The fourth-order valence-corrected chi connectivity index (χ4v) is 7.19. The number of aryl methyl sites for hydroxylation is 1. The van der Waals surface area contributed by atoms with Crippen LogP contribution in [0.3, 0.4) is 0 Å². The first-order valence-corrected chi connectivity index (χ1v) is 11.3. The summed E-state index contributed by atoms with van der Waals surface area (Å²) in [5.74, 6) is -3.11. The molecular weight excluding hydrogens is 388 g/mol. The number of rotatable bonds is 4. The monoisotopic (exact) mass is 416 g/mol. The van der Waals surface area contributed by atoms with Gasteiger partial charge in [0.1, 0.15) is 5.00 Å². The molecule has 29 heavy (non-hydrogen) atoms. The Balaban J connectivity index is 1.67. The molecule has 4 rings (SSSR count). The van der Waals surface area contributed by atoms with Crippen molar-refractivity contribution in [3.05, 3.63) is 27.2 Å². The zero-order valence-electron chi connectivity index (χ0n) is 16.9. The minimum Gasteiger partial charge on any atom is -0.481 e.